The lowest BCUT2D eigenvalue weighted by Crippen LogP contribution is -2.30. The first kappa shape index (κ1) is 57.9. The van der Waals surface area contributed by atoms with Crippen LogP contribution in [0.5, 0.6) is 0 Å². The van der Waals surface area contributed by atoms with Crippen LogP contribution in [0.15, 0.2) is 72.9 Å². The van der Waals surface area contributed by atoms with Crippen molar-refractivity contribution in [2.75, 3.05) is 13.2 Å². The monoisotopic (exact) mass is 851 g/mol. The second-order valence-corrected chi connectivity index (χ2v) is 16.8. The number of hydrogen-bond donors (Lipinski definition) is 0. The van der Waals surface area contributed by atoms with Gasteiger partial charge in [0.1, 0.15) is 13.2 Å². The highest BCUT2D eigenvalue weighted by molar-refractivity contribution is 5.71. The maximum Gasteiger partial charge on any atom is 0.306 e. The van der Waals surface area contributed by atoms with Crippen LogP contribution in [0.4, 0.5) is 0 Å². The smallest absolute Gasteiger partial charge is 0.306 e. The lowest BCUT2D eigenvalue weighted by atomic mass is 10.1. The summed E-state index contributed by atoms with van der Waals surface area (Å²) in [6, 6.07) is 0. The van der Waals surface area contributed by atoms with E-state index in [0.717, 1.165) is 83.5 Å². The molecule has 0 amide bonds. The molecule has 0 aromatic heterocycles. The molecule has 0 aliphatic rings. The van der Waals surface area contributed by atoms with Crippen molar-refractivity contribution in [2.24, 2.45) is 0 Å². The molecule has 0 bridgehead atoms. The molecule has 0 N–H and O–H groups in total. The van der Waals surface area contributed by atoms with Crippen molar-refractivity contribution in [2.45, 2.75) is 245 Å². The zero-order chi connectivity index (χ0) is 44.4. The zero-order valence-corrected chi connectivity index (χ0v) is 39.9. The summed E-state index contributed by atoms with van der Waals surface area (Å²) in [7, 11) is 0. The predicted molar refractivity (Wildman–Crippen MR) is 261 cm³/mol. The Balaban J connectivity index is 4.34. The van der Waals surface area contributed by atoms with E-state index >= 15 is 0 Å². The highest BCUT2D eigenvalue weighted by Crippen LogP contribution is 2.15. The quantitative estimate of drug-likeness (QED) is 0.0263. The lowest BCUT2D eigenvalue weighted by molar-refractivity contribution is -0.167. The SMILES string of the molecule is CC\C=C/C=C\C=C/C=C\CCCCCCCC(=O)OC(COC(=O)CCCCCCCCCCC)COC(=O)CCCCCCCCCCCC/C=C\C=C/CCCCC. The Bertz CT molecular complexity index is 1160. The minimum absolute atomic E-state index is 0.0852. The van der Waals surface area contributed by atoms with E-state index in [1.165, 1.54) is 116 Å². The number of carbonyl (C=O) groups excluding carboxylic acids is 3. The maximum atomic E-state index is 12.8. The molecule has 350 valence electrons. The Hall–Kier alpha value is -3.15. The molecule has 6 nitrogen and oxygen atoms in total. The highest BCUT2D eigenvalue weighted by atomic mass is 16.6. The predicted octanol–water partition coefficient (Wildman–Crippen LogP) is 16.6. The standard InChI is InChI=1S/C55H94O6/c1-4-7-10-13-16-19-21-23-25-26-27-28-30-31-33-36-39-42-45-48-54(57)60-51-52(50-59-53(56)47-44-41-38-35-18-15-12-9-6-3)61-55(58)49-46-43-40-37-34-32-29-24-22-20-17-14-11-8-5-2/h8,11,14,16-17,19-24,29,52H,4-7,9-10,12-13,15,18,25-28,30-51H2,1-3H3/b11-8-,17-14-,19-16-,22-20-,23-21-,29-24-. The lowest BCUT2D eigenvalue weighted by Gasteiger charge is -2.18. The average molecular weight is 851 g/mol. The van der Waals surface area contributed by atoms with E-state index in [1.807, 2.05) is 18.2 Å². The summed E-state index contributed by atoms with van der Waals surface area (Å²) < 4.78 is 16.7. The summed E-state index contributed by atoms with van der Waals surface area (Å²) in [5.74, 6) is -0.914. The van der Waals surface area contributed by atoms with E-state index in [9.17, 15) is 14.4 Å². The third kappa shape index (κ3) is 47.7. The minimum atomic E-state index is -0.786. The molecule has 0 radical (unpaired) electrons. The summed E-state index contributed by atoms with van der Waals surface area (Å²) in [4.78, 5) is 37.9. The minimum Gasteiger partial charge on any atom is -0.462 e. The number of ether oxygens (including phenoxy) is 3. The van der Waals surface area contributed by atoms with Crippen molar-refractivity contribution in [3.05, 3.63) is 72.9 Å². The normalized spacial score (nSPS) is 12.6. The average Bonchev–Trinajstić information content (AvgIpc) is 3.26. The molecule has 0 aliphatic heterocycles. The molecule has 0 saturated heterocycles. The van der Waals surface area contributed by atoms with Crippen LogP contribution in [0.1, 0.15) is 239 Å². The van der Waals surface area contributed by atoms with Crippen molar-refractivity contribution in [1.29, 1.82) is 0 Å². The Kier molecular flexibility index (Phi) is 46.9. The number of esters is 3. The molecule has 0 spiro atoms. The molecule has 0 aromatic rings. The van der Waals surface area contributed by atoms with E-state index in [0.29, 0.717) is 19.3 Å². The number of carbonyl (C=O) groups is 3. The molecule has 6 heteroatoms. The van der Waals surface area contributed by atoms with Gasteiger partial charge in [-0.1, -0.05) is 229 Å². The number of allylic oxidation sites excluding steroid dienone is 12. The zero-order valence-electron chi connectivity index (χ0n) is 39.9. The summed E-state index contributed by atoms with van der Waals surface area (Å²) in [6.07, 6.45) is 61.7. The topological polar surface area (TPSA) is 78.9 Å². The highest BCUT2D eigenvalue weighted by Gasteiger charge is 2.19. The van der Waals surface area contributed by atoms with E-state index in [2.05, 4.69) is 75.5 Å². The van der Waals surface area contributed by atoms with Gasteiger partial charge in [0.2, 0.25) is 0 Å². The fourth-order valence-electron chi connectivity index (χ4n) is 6.97. The van der Waals surface area contributed by atoms with E-state index in [-0.39, 0.29) is 31.1 Å². The van der Waals surface area contributed by atoms with Crippen LogP contribution < -0.4 is 0 Å². The summed E-state index contributed by atoms with van der Waals surface area (Å²) in [5.41, 5.74) is 0. The Labute approximate surface area is 376 Å². The van der Waals surface area contributed by atoms with Gasteiger partial charge in [0.05, 0.1) is 0 Å². The molecule has 0 saturated carbocycles. The molecule has 0 rings (SSSR count). The van der Waals surface area contributed by atoms with Crippen LogP contribution in [0, 0.1) is 0 Å². The van der Waals surface area contributed by atoms with Gasteiger partial charge in [0.15, 0.2) is 6.10 Å². The van der Waals surface area contributed by atoms with Crippen LogP contribution in [-0.2, 0) is 28.6 Å². The molecule has 0 aliphatic carbocycles. The molecule has 0 heterocycles. The van der Waals surface area contributed by atoms with Gasteiger partial charge in [0.25, 0.3) is 0 Å². The summed E-state index contributed by atoms with van der Waals surface area (Å²) in [5, 5.41) is 0. The van der Waals surface area contributed by atoms with Gasteiger partial charge in [-0.2, -0.15) is 0 Å². The van der Waals surface area contributed by atoms with Crippen LogP contribution >= 0.6 is 0 Å². The molecular weight excluding hydrogens is 757 g/mol. The third-order valence-corrected chi connectivity index (χ3v) is 10.8. The van der Waals surface area contributed by atoms with Gasteiger partial charge in [-0.25, -0.2) is 0 Å². The van der Waals surface area contributed by atoms with Gasteiger partial charge in [-0.3, -0.25) is 14.4 Å². The van der Waals surface area contributed by atoms with Gasteiger partial charge in [-0.15, -0.1) is 0 Å². The van der Waals surface area contributed by atoms with E-state index in [4.69, 9.17) is 14.2 Å². The van der Waals surface area contributed by atoms with Crippen molar-refractivity contribution in [1.82, 2.24) is 0 Å². The summed E-state index contributed by atoms with van der Waals surface area (Å²) >= 11 is 0. The van der Waals surface area contributed by atoms with Crippen LogP contribution in [0.2, 0.25) is 0 Å². The van der Waals surface area contributed by atoms with Crippen molar-refractivity contribution >= 4 is 17.9 Å². The van der Waals surface area contributed by atoms with Crippen LogP contribution in [0.3, 0.4) is 0 Å². The molecular formula is C55H94O6. The van der Waals surface area contributed by atoms with Crippen LogP contribution in [-0.4, -0.2) is 37.2 Å². The van der Waals surface area contributed by atoms with Crippen molar-refractivity contribution in [3.63, 3.8) is 0 Å². The maximum absolute atomic E-state index is 12.8. The first-order valence-corrected chi connectivity index (χ1v) is 25.5. The van der Waals surface area contributed by atoms with E-state index in [1.54, 1.807) is 0 Å². The first-order chi connectivity index (χ1) is 30.0. The van der Waals surface area contributed by atoms with Crippen molar-refractivity contribution < 1.29 is 28.6 Å². The Morgan fingerprint density at radius 2 is 0.639 bits per heavy atom. The summed E-state index contributed by atoms with van der Waals surface area (Å²) in [6.45, 7) is 6.43. The largest absolute Gasteiger partial charge is 0.462 e. The molecule has 0 aromatic carbocycles. The number of rotatable bonds is 45. The second-order valence-electron chi connectivity index (χ2n) is 16.8. The molecule has 1 unspecified atom stereocenters. The molecule has 0 fully saturated rings. The fourth-order valence-corrected chi connectivity index (χ4v) is 6.97. The third-order valence-electron chi connectivity index (χ3n) is 10.8. The Morgan fingerprint density at radius 1 is 0.344 bits per heavy atom. The van der Waals surface area contributed by atoms with E-state index < -0.39 is 6.10 Å². The van der Waals surface area contributed by atoms with Crippen molar-refractivity contribution in [3.8, 4) is 0 Å². The van der Waals surface area contributed by atoms with Gasteiger partial charge in [-0.05, 0) is 64.2 Å². The van der Waals surface area contributed by atoms with Gasteiger partial charge >= 0.3 is 17.9 Å². The Morgan fingerprint density at radius 3 is 1.05 bits per heavy atom. The number of unbranched alkanes of at least 4 members (excludes halogenated alkanes) is 26. The van der Waals surface area contributed by atoms with Crippen LogP contribution in [0.25, 0.3) is 0 Å². The number of hydrogen-bond acceptors (Lipinski definition) is 6. The van der Waals surface area contributed by atoms with Gasteiger partial charge < -0.3 is 14.2 Å². The second kappa shape index (κ2) is 49.5. The first-order valence-electron chi connectivity index (χ1n) is 25.5. The fraction of sp³-hybridized carbons (Fsp3) is 0.727. The molecule has 61 heavy (non-hydrogen) atoms. The molecule has 1 atom stereocenters. The van der Waals surface area contributed by atoms with Gasteiger partial charge in [0, 0.05) is 19.3 Å².